The van der Waals surface area contributed by atoms with Gasteiger partial charge >= 0.3 is 6.09 Å². The molecule has 4 fully saturated rings. The van der Waals surface area contributed by atoms with Crippen molar-refractivity contribution in [2.75, 3.05) is 110 Å². The fraction of sp³-hybridized carbons (Fsp3) is 0.517. The second-order valence-corrected chi connectivity index (χ2v) is 22.3. The second-order valence-electron chi connectivity index (χ2n) is 22.3. The third-order valence-electron chi connectivity index (χ3n) is 15.7. The monoisotopic (exact) mass is 1070 g/mol. The Bertz CT molecular complexity index is 2950. The highest BCUT2D eigenvalue weighted by molar-refractivity contribution is 5.94. The van der Waals surface area contributed by atoms with E-state index >= 15 is 0 Å². The van der Waals surface area contributed by atoms with Crippen LogP contribution >= 0.6 is 0 Å². The predicted molar refractivity (Wildman–Crippen MR) is 300 cm³/mol. The highest BCUT2D eigenvalue weighted by Crippen LogP contribution is 2.31. The van der Waals surface area contributed by atoms with Crippen molar-refractivity contribution in [3.8, 4) is 11.5 Å². The summed E-state index contributed by atoms with van der Waals surface area (Å²) in [7, 11) is 1.59. The van der Waals surface area contributed by atoms with E-state index in [2.05, 4.69) is 35.7 Å². The van der Waals surface area contributed by atoms with Crippen molar-refractivity contribution < 1.29 is 33.4 Å². The van der Waals surface area contributed by atoms with Crippen LogP contribution in [0.2, 0.25) is 0 Å². The SMILES string of the molecule is CCOc1cc(OC)ccc1CN(CC(=O)N1CCC[C@H](c2cccc(C(=O)N3CCN(CC4CCN(C(=O)c5ccc(N6CCN(Cc7cnc8cc(CC)c(=O)[nH]c8c7)CC6)cn5)CC4)CC3)c2)C1)C(=O)OC(C)(C)C. The lowest BCUT2D eigenvalue weighted by Crippen LogP contribution is -2.50. The summed E-state index contributed by atoms with van der Waals surface area (Å²) in [6.07, 6.45) is 7.37. The average Bonchev–Trinajstić information content (AvgIpc) is 3.48. The molecule has 18 nitrogen and oxygen atoms in total. The Morgan fingerprint density at radius 2 is 1.51 bits per heavy atom. The van der Waals surface area contributed by atoms with E-state index in [9.17, 15) is 24.0 Å². The molecule has 1 atom stereocenters. The number of aryl methyl sites for hydroxylation is 1. The molecule has 4 amide bonds. The fourth-order valence-electron chi connectivity index (χ4n) is 11.3. The van der Waals surface area contributed by atoms with Crippen LogP contribution in [0.5, 0.6) is 11.5 Å². The molecule has 18 heteroatoms. The smallest absolute Gasteiger partial charge is 0.411 e. The van der Waals surface area contributed by atoms with Crippen LogP contribution in [0.25, 0.3) is 11.0 Å². The summed E-state index contributed by atoms with van der Waals surface area (Å²) < 4.78 is 17.1. The minimum atomic E-state index is -0.753. The number of amides is 4. The minimum Gasteiger partial charge on any atom is -0.497 e. The van der Waals surface area contributed by atoms with Gasteiger partial charge in [-0.15, -0.1) is 0 Å². The highest BCUT2D eigenvalue weighted by atomic mass is 16.6. The summed E-state index contributed by atoms with van der Waals surface area (Å²) in [6.45, 7) is 20.2. The van der Waals surface area contributed by atoms with Crippen molar-refractivity contribution >= 4 is 40.5 Å². The molecule has 0 aliphatic carbocycles. The van der Waals surface area contributed by atoms with Gasteiger partial charge in [-0.25, -0.2) is 9.78 Å². The molecule has 5 aromatic rings. The number of anilines is 1. The minimum absolute atomic E-state index is 0.0199. The number of piperazine rings is 2. The van der Waals surface area contributed by atoms with Crippen LogP contribution < -0.4 is 19.9 Å². The normalized spacial score (nSPS) is 18.0. The molecule has 416 valence electrons. The number of methoxy groups -OCH3 is 1. The number of hydrogen-bond acceptors (Lipinski definition) is 13. The van der Waals surface area contributed by atoms with Gasteiger partial charge in [0.2, 0.25) is 5.91 Å². The summed E-state index contributed by atoms with van der Waals surface area (Å²) in [5.41, 5.74) is 6.51. The average molecular weight is 1070 g/mol. The number of H-pyrrole nitrogens is 1. The maximum Gasteiger partial charge on any atom is 0.411 e. The van der Waals surface area contributed by atoms with Gasteiger partial charge in [0.15, 0.2) is 0 Å². The van der Waals surface area contributed by atoms with E-state index in [0.717, 1.165) is 117 Å². The molecule has 4 aliphatic heterocycles. The number of hydrogen-bond donors (Lipinski definition) is 1. The number of nitrogens with one attached hydrogen (secondary N) is 1. The van der Waals surface area contributed by atoms with Crippen LogP contribution in [-0.4, -0.2) is 179 Å². The molecule has 0 radical (unpaired) electrons. The van der Waals surface area contributed by atoms with Gasteiger partial charge in [0.25, 0.3) is 17.4 Å². The topological polar surface area (TPSA) is 177 Å². The van der Waals surface area contributed by atoms with Crippen molar-refractivity contribution in [3.05, 3.63) is 123 Å². The van der Waals surface area contributed by atoms with Crippen molar-refractivity contribution in [3.63, 3.8) is 0 Å². The zero-order valence-electron chi connectivity index (χ0n) is 46.5. The number of piperidine rings is 2. The number of rotatable bonds is 16. The van der Waals surface area contributed by atoms with Crippen LogP contribution in [0.1, 0.15) is 109 Å². The standard InChI is InChI=1S/C60H78N10O8/c1-7-44-33-52-53(63-56(44)72)31-43(35-61-52)38-65-23-27-66(28-24-65)49-15-17-51(62-36-49)58(74)67-21-18-42(19-22-67)37-64-25-29-68(30-26-64)57(73)46-12-9-11-45(32-46)47-13-10-20-69(39-47)55(71)41-70(59(75)78-60(3,4)5)40-48-14-16-50(76-6)34-54(48)77-8-2/h9,11-12,14-17,31-36,42,47H,7-8,10,13,18-30,37-41H2,1-6H3,(H,63,72)/t47-/m0/s1. The van der Waals surface area contributed by atoms with E-state index < -0.39 is 11.7 Å². The number of fused-ring (bicyclic) bond motifs is 1. The maximum absolute atomic E-state index is 14.0. The van der Waals surface area contributed by atoms with Crippen LogP contribution in [-0.2, 0) is 29.0 Å². The zero-order valence-corrected chi connectivity index (χ0v) is 46.5. The first-order chi connectivity index (χ1) is 37.6. The second kappa shape index (κ2) is 25.2. The van der Waals surface area contributed by atoms with E-state index in [0.29, 0.717) is 81.0 Å². The Labute approximate surface area is 458 Å². The van der Waals surface area contributed by atoms with E-state index in [-0.39, 0.29) is 42.3 Å². The molecule has 3 aromatic heterocycles. The molecule has 0 bridgehead atoms. The Kier molecular flexibility index (Phi) is 18.0. The lowest BCUT2D eigenvalue weighted by molar-refractivity contribution is -0.133. The van der Waals surface area contributed by atoms with E-state index in [4.69, 9.17) is 14.2 Å². The predicted octanol–water partition coefficient (Wildman–Crippen LogP) is 7.06. The number of benzene rings is 2. The molecule has 0 unspecified atom stereocenters. The fourth-order valence-corrected chi connectivity index (χ4v) is 11.3. The van der Waals surface area contributed by atoms with Gasteiger partial charge in [-0.1, -0.05) is 19.1 Å². The van der Waals surface area contributed by atoms with Crippen LogP contribution in [0.3, 0.4) is 0 Å². The molecular formula is C60H78N10O8. The van der Waals surface area contributed by atoms with Gasteiger partial charge in [0, 0.05) is 126 Å². The van der Waals surface area contributed by atoms with E-state index in [1.165, 1.54) is 4.90 Å². The highest BCUT2D eigenvalue weighted by Gasteiger charge is 2.32. The first-order valence-corrected chi connectivity index (χ1v) is 28.0. The number of likely N-dealkylation sites (tertiary alicyclic amines) is 2. The summed E-state index contributed by atoms with van der Waals surface area (Å²) in [5.74, 6) is 1.56. The largest absolute Gasteiger partial charge is 0.497 e. The van der Waals surface area contributed by atoms with Crippen molar-refractivity contribution in [2.24, 2.45) is 5.92 Å². The van der Waals surface area contributed by atoms with Gasteiger partial charge in [0.1, 0.15) is 29.3 Å². The quantitative estimate of drug-likeness (QED) is 0.106. The Balaban J connectivity index is 0.704. The first kappa shape index (κ1) is 55.7. The Morgan fingerprint density at radius 3 is 2.22 bits per heavy atom. The summed E-state index contributed by atoms with van der Waals surface area (Å²) in [6, 6.07) is 21.1. The molecule has 0 saturated carbocycles. The van der Waals surface area contributed by atoms with Gasteiger partial charge in [0.05, 0.1) is 43.2 Å². The van der Waals surface area contributed by atoms with Gasteiger partial charge in [-0.2, -0.15) is 0 Å². The molecule has 7 heterocycles. The number of ether oxygens (including phenoxy) is 3. The molecule has 4 saturated heterocycles. The Hall–Kier alpha value is -7.05. The zero-order chi connectivity index (χ0) is 54.9. The molecule has 1 N–H and O–H groups in total. The van der Waals surface area contributed by atoms with Gasteiger partial charge in [-0.05, 0) is 125 Å². The lowest BCUT2D eigenvalue weighted by Gasteiger charge is -2.39. The molecule has 4 aliphatic rings. The number of aromatic amines is 1. The number of carbonyl (C=O) groups excluding carboxylic acids is 4. The molecule has 9 rings (SSSR count). The van der Waals surface area contributed by atoms with E-state index in [1.54, 1.807) is 33.9 Å². The van der Waals surface area contributed by atoms with Crippen molar-refractivity contribution in [2.45, 2.75) is 91.3 Å². The molecule has 0 spiro atoms. The summed E-state index contributed by atoms with van der Waals surface area (Å²) >= 11 is 0. The van der Waals surface area contributed by atoms with E-state index in [1.807, 2.05) is 95.5 Å². The molecular weight excluding hydrogens is 989 g/mol. The third-order valence-corrected chi connectivity index (χ3v) is 15.7. The van der Waals surface area contributed by atoms with Gasteiger partial charge in [-0.3, -0.25) is 38.9 Å². The van der Waals surface area contributed by atoms with Gasteiger partial charge < -0.3 is 38.8 Å². The number of nitrogens with zero attached hydrogens (tertiary/aromatic N) is 9. The third kappa shape index (κ3) is 14.0. The first-order valence-electron chi connectivity index (χ1n) is 28.0. The number of aromatic nitrogens is 3. The number of pyridine rings is 3. The van der Waals surface area contributed by atoms with Crippen LogP contribution in [0.15, 0.2) is 83.9 Å². The Morgan fingerprint density at radius 1 is 0.756 bits per heavy atom. The van der Waals surface area contributed by atoms with Crippen molar-refractivity contribution in [1.29, 1.82) is 0 Å². The number of carbonyl (C=O) groups is 4. The lowest BCUT2D eigenvalue weighted by atomic mass is 9.89. The van der Waals surface area contributed by atoms with Crippen LogP contribution in [0, 0.1) is 5.92 Å². The molecule has 2 aromatic carbocycles. The van der Waals surface area contributed by atoms with Crippen LogP contribution in [0.4, 0.5) is 10.5 Å². The van der Waals surface area contributed by atoms with Crippen molar-refractivity contribution in [1.82, 2.24) is 44.4 Å². The molecule has 78 heavy (non-hydrogen) atoms. The summed E-state index contributed by atoms with van der Waals surface area (Å²) in [4.78, 5) is 94.2. The summed E-state index contributed by atoms with van der Waals surface area (Å²) in [5, 5.41) is 0. The maximum atomic E-state index is 14.0.